The molecule has 3 heterocycles. The minimum absolute atomic E-state index is 0.0297. The Bertz CT molecular complexity index is 917. The Hall–Kier alpha value is -3.07. The largest absolute Gasteiger partial charge is 0.477 e. The fourth-order valence-electron chi connectivity index (χ4n) is 2.55. The van der Waals surface area contributed by atoms with E-state index in [9.17, 15) is 28.7 Å². The molecular weight excluding hydrogens is 419 g/mol. The number of nitrogens with zero attached hydrogens (tertiary/aromatic N) is 4. The zero-order valence-electron chi connectivity index (χ0n) is 13.7. The number of hydrogen-bond donors (Lipinski definition) is 3. The van der Waals surface area contributed by atoms with E-state index in [-0.39, 0.29) is 22.3 Å². The maximum Gasteiger partial charge on any atom is 0.353 e. The van der Waals surface area contributed by atoms with Gasteiger partial charge in [0, 0.05) is 22.9 Å². The first kappa shape index (κ1) is 19.7. The molecule has 12 nitrogen and oxygen atoms in total. The van der Waals surface area contributed by atoms with Crippen molar-refractivity contribution in [3.63, 3.8) is 0 Å². The van der Waals surface area contributed by atoms with Gasteiger partial charge in [0.05, 0.1) is 0 Å². The highest BCUT2D eigenvalue weighted by molar-refractivity contribution is 8.00. The van der Waals surface area contributed by atoms with Crippen LogP contribution in [0.3, 0.4) is 0 Å². The highest BCUT2D eigenvalue weighted by atomic mass is 32.2. The van der Waals surface area contributed by atoms with E-state index in [0.717, 1.165) is 28.2 Å². The Morgan fingerprint density at radius 3 is 2.86 bits per heavy atom. The van der Waals surface area contributed by atoms with Crippen LogP contribution >= 0.6 is 23.3 Å². The van der Waals surface area contributed by atoms with Crippen molar-refractivity contribution in [2.45, 2.75) is 11.4 Å². The first-order chi connectivity index (χ1) is 13.4. The topological polar surface area (TPSA) is 177 Å². The quantitative estimate of drug-likeness (QED) is 0.204. The number of carbonyl (C=O) groups is 4. The van der Waals surface area contributed by atoms with Crippen LogP contribution in [0.1, 0.15) is 5.82 Å². The van der Waals surface area contributed by atoms with Gasteiger partial charge in [0.2, 0.25) is 11.5 Å². The number of amides is 2. The molecule has 2 aliphatic heterocycles. The molecule has 3 rings (SSSR count). The van der Waals surface area contributed by atoms with Crippen LogP contribution in [0.25, 0.3) is 0 Å². The van der Waals surface area contributed by atoms with E-state index >= 15 is 0 Å². The number of halogens is 1. The van der Waals surface area contributed by atoms with Gasteiger partial charge in [-0.15, -0.1) is 11.8 Å². The number of aldehydes is 1. The molecule has 1 fully saturated rings. The second kappa shape index (κ2) is 7.89. The molecule has 0 saturated carbocycles. The van der Waals surface area contributed by atoms with Crippen LogP contribution in [0.15, 0.2) is 16.4 Å². The van der Waals surface area contributed by atoms with E-state index < -0.39 is 47.5 Å². The number of β-lactam (4-membered cyclic amide) rings is 1. The Kier molecular flexibility index (Phi) is 5.55. The molecule has 2 amide bonds. The van der Waals surface area contributed by atoms with Crippen LogP contribution in [-0.4, -0.2) is 73.2 Å². The molecule has 0 aliphatic carbocycles. The number of anilines is 1. The van der Waals surface area contributed by atoms with E-state index in [1.54, 1.807) is 0 Å². The molecule has 28 heavy (non-hydrogen) atoms. The Labute approximate surface area is 163 Å². The summed E-state index contributed by atoms with van der Waals surface area (Å²) in [5.41, 5.74) is 4.50. The maximum absolute atomic E-state index is 12.5. The van der Waals surface area contributed by atoms with Crippen molar-refractivity contribution in [2.24, 2.45) is 5.16 Å². The number of oxime groups is 1. The van der Waals surface area contributed by atoms with Crippen LogP contribution in [0.4, 0.5) is 9.52 Å². The minimum Gasteiger partial charge on any atom is -0.477 e. The number of nitrogens with two attached hydrogens (primary N) is 1. The van der Waals surface area contributed by atoms with Crippen LogP contribution in [-0.2, 0) is 24.0 Å². The van der Waals surface area contributed by atoms with Gasteiger partial charge in [0.1, 0.15) is 23.4 Å². The van der Waals surface area contributed by atoms with Gasteiger partial charge < -0.3 is 21.0 Å². The number of carboxylic acid groups (broad SMARTS) is 1. The van der Waals surface area contributed by atoms with Gasteiger partial charge in [0.25, 0.3) is 18.7 Å². The van der Waals surface area contributed by atoms with Crippen molar-refractivity contribution in [3.8, 4) is 0 Å². The predicted octanol–water partition coefficient (Wildman–Crippen LogP) is -1.29. The lowest BCUT2D eigenvalue weighted by atomic mass is 10.0. The summed E-state index contributed by atoms with van der Waals surface area (Å²) < 4.78 is 16.1. The van der Waals surface area contributed by atoms with Gasteiger partial charge in [-0.2, -0.15) is 9.36 Å². The third-order valence-electron chi connectivity index (χ3n) is 3.70. The standard InChI is InChI=1S/C13H11FN6O6S2/c14-3-26-18-5(8-17-13(15)28-19-8)9(22)16-6-10(23)20-7(12(24)25)4(1-21)2-27-11(6)20/h1,6,11H,2-3H2,(H,16,22)(H,24,25)(H2,15,17,19)/b18-5-/t6?,11-/m1/s1. The highest BCUT2D eigenvalue weighted by Crippen LogP contribution is 2.39. The second-order valence-corrected chi connectivity index (χ2v) is 7.18. The molecule has 0 bridgehead atoms. The minimum atomic E-state index is -1.42. The first-order valence-electron chi connectivity index (χ1n) is 7.41. The number of alkyl halides is 1. The van der Waals surface area contributed by atoms with E-state index in [2.05, 4.69) is 24.7 Å². The summed E-state index contributed by atoms with van der Waals surface area (Å²) in [7, 11) is 0. The molecule has 15 heteroatoms. The third kappa shape index (κ3) is 3.40. The molecule has 0 spiro atoms. The molecule has 1 aromatic rings. The number of nitrogens with one attached hydrogen (secondary N) is 1. The van der Waals surface area contributed by atoms with E-state index in [0.29, 0.717) is 6.29 Å². The molecule has 2 aliphatic rings. The summed E-state index contributed by atoms with van der Waals surface area (Å²) in [4.78, 5) is 56.3. The molecule has 0 aromatic carbocycles. The number of carbonyl (C=O) groups excluding carboxylic acids is 3. The Morgan fingerprint density at radius 2 is 2.29 bits per heavy atom. The van der Waals surface area contributed by atoms with Crippen molar-refractivity contribution in [1.82, 2.24) is 19.6 Å². The van der Waals surface area contributed by atoms with Crippen LogP contribution in [0, 0.1) is 0 Å². The zero-order chi connectivity index (χ0) is 20.4. The summed E-state index contributed by atoms with van der Waals surface area (Å²) in [5, 5.41) is 14.3. The average Bonchev–Trinajstić information content (AvgIpc) is 3.10. The average molecular weight is 430 g/mol. The summed E-state index contributed by atoms with van der Waals surface area (Å²) in [6.07, 6.45) is 0.378. The van der Waals surface area contributed by atoms with Crippen molar-refractivity contribution in [3.05, 3.63) is 17.1 Å². The van der Waals surface area contributed by atoms with Crippen molar-refractivity contribution in [2.75, 3.05) is 18.3 Å². The van der Waals surface area contributed by atoms with Gasteiger partial charge in [-0.05, 0) is 0 Å². The van der Waals surface area contributed by atoms with E-state index in [1.807, 2.05) is 0 Å². The molecular formula is C13H11FN6O6S2. The smallest absolute Gasteiger partial charge is 0.353 e. The molecule has 4 N–H and O–H groups in total. The SMILES string of the molecule is Nc1nc(/C(=N/OCF)C(=O)NC2C(=O)N3C(C(=O)O)=C(C=O)CS[C@H]23)ns1. The number of aromatic nitrogens is 2. The molecule has 2 atom stereocenters. The Balaban J connectivity index is 1.80. The Morgan fingerprint density at radius 1 is 1.54 bits per heavy atom. The van der Waals surface area contributed by atoms with Crippen LogP contribution in [0.2, 0.25) is 0 Å². The summed E-state index contributed by atoms with van der Waals surface area (Å²) in [6, 6.07) is -1.09. The van der Waals surface area contributed by atoms with Crippen molar-refractivity contribution in [1.29, 1.82) is 0 Å². The van der Waals surface area contributed by atoms with Gasteiger partial charge in [-0.3, -0.25) is 19.3 Å². The van der Waals surface area contributed by atoms with Crippen LogP contribution in [0.5, 0.6) is 0 Å². The second-order valence-electron chi connectivity index (χ2n) is 5.29. The fourth-order valence-corrected chi connectivity index (χ4v) is 4.27. The predicted molar refractivity (Wildman–Crippen MR) is 93.7 cm³/mol. The summed E-state index contributed by atoms with van der Waals surface area (Å²) >= 11 is 1.88. The van der Waals surface area contributed by atoms with Crippen molar-refractivity contribution >= 4 is 58.2 Å². The van der Waals surface area contributed by atoms with Crippen LogP contribution < -0.4 is 11.1 Å². The van der Waals surface area contributed by atoms with Gasteiger partial charge in [0.15, 0.2) is 5.13 Å². The first-order valence-corrected chi connectivity index (χ1v) is 9.23. The summed E-state index contributed by atoms with van der Waals surface area (Å²) in [5.74, 6) is -3.25. The normalized spacial score (nSPS) is 21.7. The molecule has 1 saturated heterocycles. The molecule has 1 unspecified atom stereocenters. The third-order valence-corrected chi connectivity index (χ3v) is 5.55. The van der Waals surface area contributed by atoms with Crippen molar-refractivity contribution < 1.29 is 33.5 Å². The van der Waals surface area contributed by atoms with Gasteiger partial charge in [-0.25, -0.2) is 9.18 Å². The lowest BCUT2D eigenvalue weighted by Crippen LogP contribution is -2.71. The highest BCUT2D eigenvalue weighted by Gasteiger charge is 2.54. The molecule has 0 radical (unpaired) electrons. The lowest BCUT2D eigenvalue weighted by molar-refractivity contribution is -0.150. The lowest BCUT2D eigenvalue weighted by Gasteiger charge is -2.48. The number of fused-ring (bicyclic) bond motifs is 1. The van der Waals surface area contributed by atoms with E-state index in [1.165, 1.54) is 0 Å². The number of aliphatic carboxylic acids is 1. The van der Waals surface area contributed by atoms with E-state index in [4.69, 9.17) is 5.73 Å². The number of rotatable bonds is 7. The van der Waals surface area contributed by atoms with Gasteiger partial charge >= 0.3 is 5.97 Å². The number of thioether (sulfide) groups is 1. The number of carboxylic acids is 1. The molecule has 148 valence electrons. The number of hydrogen-bond acceptors (Lipinski definition) is 11. The van der Waals surface area contributed by atoms with Gasteiger partial charge in [-0.1, -0.05) is 5.16 Å². The number of nitrogen functional groups attached to an aromatic ring is 1. The maximum atomic E-state index is 12.5. The zero-order valence-corrected chi connectivity index (χ0v) is 15.3. The molecule has 1 aromatic heterocycles. The monoisotopic (exact) mass is 430 g/mol. The fraction of sp³-hybridized carbons (Fsp3) is 0.308. The summed E-state index contributed by atoms with van der Waals surface area (Å²) in [6.45, 7) is -1.31.